The Labute approximate surface area is 116 Å². The number of aromatic nitrogens is 2. The minimum atomic E-state index is -0.447. The smallest absolute Gasteiger partial charge is 0.311 e. The highest BCUT2D eigenvalue weighted by molar-refractivity contribution is 5.61. The fourth-order valence-electron chi connectivity index (χ4n) is 1.88. The van der Waals surface area contributed by atoms with Gasteiger partial charge in [-0.3, -0.25) is 15.1 Å². The van der Waals surface area contributed by atoms with E-state index in [1.54, 1.807) is 12.4 Å². The zero-order valence-electron chi connectivity index (χ0n) is 11.1. The van der Waals surface area contributed by atoms with E-state index in [1.807, 2.05) is 24.0 Å². The molecule has 0 aromatic carbocycles. The van der Waals surface area contributed by atoms with Crippen LogP contribution < -0.4 is 10.6 Å². The number of anilines is 2. The van der Waals surface area contributed by atoms with Gasteiger partial charge in [-0.2, -0.15) is 0 Å². The van der Waals surface area contributed by atoms with Gasteiger partial charge in [-0.25, -0.2) is 4.98 Å². The van der Waals surface area contributed by atoms with Crippen molar-refractivity contribution >= 4 is 17.3 Å². The number of nitrogens with zero attached hydrogens (tertiary/aromatic N) is 4. The summed E-state index contributed by atoms with van der Waals surface area (Å²) in [6, 6.07) is 6.54. The number of hydrogen-bond donors (Lipinski definition) is 1. The second-order valence-electron chi connectivity index (χ2n) is 4.21. The van der Waals surface area contributed by atoms with Crippen molar-refractivity contribution in [1.29, 1.82) is 0 Å². The Morgan fingerprint density at radius 3 is 2.60 bits per heavy atom. The SMILES string of the molecule is CCN(Cc1ccncc1)c1nc(N)ccc1[N+](=O)[O-]. The third kappa shape index (κ3) is 3.00. The lowest BCUT2D eigenvalue weighted by Gasteiger charge is -2.21. The number of pyridine rings is 2. The molecule has 0 fully saturated rings. The number of rotatable bonds is 5. The quantitative estimate of drug-likeness (QED) is 0.660. The molecule has 0 aliphatic heterocycles. The van der Waals surface area contributed by atoms with E-state index in [0.717, 1.165) is 5.56 Å². The molecule has 0 bridgehead atoms. The lowest BCUT2D eigenvalue weighted by molar-refractivity contribution is -0.384. The van der Waals surface area contributed by atoms with Gasteiger partial charge in [0.1, 0.15) is 5.82 Å². The molecule has 2 aromatic rings. The summed E-state index contributed by atoms with van der Waals surface area (Å²) in [6.45, 7) is 3.01. The van der Waals surface area contributed by atoms with Gasteiger partial charge < -0.3 is 10.6 Å². The average molecular weight is 273 g/mol. The van der Waals surface area contributed by atoms with Crippen LogP contribution in [0.15, 0.2) is 36.7 Å². The van der Waals surface area contributed by atoms with Crippen LogP contribution in [0, 0.1) is 10.1 Å². The molecule has 2 rings (SSSR count). The van der Waals surface area contributed by atoms with E-state index in [2.05, 4.69) is 9.97 Å². The van der Waals surface area contributed by atoms with Crippen LogP contribution in [0.1, 0.15) is 12.5 Å². The first kappa shape index (κ1) is 13.7. The summed E-state index contributed by atoms with van der Waals surface area (Å²) in [6.07, 6.45) is 3.37. The average Bonchev–Trinajstić information content (AvgIpc) is 2.45. The van der Waals surface area contributed by atoms with E-state index in [1.165, 1.54) is 12.1 Å². The largest absolute Gasteiger partial charge is 0.384 e. The maximum atomic E-state index is 11.1. The van der Waals surface area contributed by atoms with Crippen LogP contribution in [0.3, 0.4) is 0 Å². The van der Waals surface area contributed by atoms with Crippen molar-refractivity contribution in [3.8, 4) is 0 Å². The first-order valence-corrected chi connectivity index (χ1v) is 6.16. The number of hydrogen-bond acceptors (Lipinski definition) is 6. The highest BCUT2D eigenvalue weighted by Gasteiger charge is 2.20. The highest BCUT2D eigenvalue weighted by atomic mass is 16.6. The zero-order chi connectivity index (χ0) is 14.5. The molecule has 7 nitrogen and oxygen atoms in total. The molecule has 0 unspecified atom stereocenters. The van der Waals surface area contributed by atoms with Crippen molar-refractivity contribution in [3.05, 3.63) is 52.3 Å². The van der Waals surface area contributed by atoms with Crippen LogP contribution >= 0.6 is 0 Å². The van der Waals surface area contributed by atoms with Crippen LogP contribution in [0.25, 0.3) is 0 Å². The number of nitrogens with two attached hydrogens (primary N) is 1. The Kier molecular flexibility index (Phi) is 4.09. The Morgan fingerprint density at radius 1 is 1.30 bits per heavy atom. The molecule has 7 heteroatoms. The zero-order valence-corrected chi connectivity index (χ0v) is 11.1. The fraction of sp³-hybridized carbons (Fsp3) is 0.231. The molecule has 0 saturated heterocycles. The predicted molar refractivity (Wildman–Crippen MR) is 76.3 cm³/mol. The monoisotopic (exact) mass is 273 g/mol. The van der Waals surface area contributed by atoms with Crippen molar-refractivity contribution in [2.24, 2.45) is 0 Å². The summed E-state index contributed by atoms with van der Waals surface area (Å²) in [5, 5.41) is 11.1. The van der Waals surface area contributed by atoms with E-state index in [0.29, 0.717) is 13.1 Å². The first-order valence-electron chi connectivity index (χ1n) is 6.16. The van der Waals surface area contributed by atoms with Gasteiger partial charge in [-0.1, -0.05) is 0 Å². The van der Waals surface area contributed by atoms with Crippen LogP contribution in [-0.4, -0.2) is 21.4 Å². The summed E-state index contributed by atoms with van der Waals surface area (Å²) in [7, 11) is 0. The first-order chi connectivity index (χ1) is 9.61. The predicted octanol–water partition coefficient (Wildman–Crippen LogP) is 1.99. The molecule has 2 heterocycles. The Balaban J connectivity index is 2.36. The molecular formula is C13H15N5O2. The molecule has 2 aromatic heterocycles. The summed E-state index contributed by atoms with van der Waals surface area (Å²) in [4.78, 5) is 20.5. The molecule has 0 aliphatic carbocycles. The Morgan fingerprint density at radius 2 is 2.00 bits per heavy atom. The van der Waals surface area contributed by atoms with Gasteiger partial charge in [0.25, 0.3) is 0 Å². The molecular weight excluding hydrogens is 258 g/mol. The summed E-state index contributed by atoms with van der Waals surface area (Å²) in [5.41, 5.74) is 6.60. The lowest BCUT2D eigenvalue weighted by Crippen LogP contribution is -2.24. The van der Waals surface area contributed by atoms with Gasteiger partial charge in [-0.15, -0.1) is 0 Å². The maximum absolute atomic E-state index is 11.1. The summed E-state index contributed by atoms with van der Waals surface area (Å²) in [5.74, 6) is 0.549. The normalized spacial score (nSPS) is 10.2. The van der Waals surface area contributed by atoms with E-state index < -0.39 is 4.92 Å². The topological polar surface area (TPSA) is 98.2 Å². The molecule has 104 valence electrons. The Bertz CT molecular complexity index is 603. The third-order valence-electron chi connectivity index (χ3n) is 2.88. The second-order valence-corrected chi connectivity index (χ2v) is 4.21. The summed E-state index contributed by atoms with van der Waals surface area (Å²) >= 11 is 0. The maximum Gasteiger partial charge on any atom is 0.311 e. The molecule has 0 radical (unpaired) electrons. The molecule has 20 heavy (non-hydrogen) atoms. The van der Waals surface area contributed by atoms with E-state index in [-0.39, 0.29) is 17.3 Å². The Hall–Kier alpha value is -2.70. The summed E-state index contributed by atoms with van der Waals surface area (Å²) < 4.78 is 0. The minimum Gasteiger partial charge on any atom is -0.384 e. The second kappa shape index (κ2) is 5.96. The molecule has 0 saturated carbocycles. The van der Waals surface area contributed by atoms with Gasteiger partial charge in [-0.05, 0) is 30.7 Å². The van der Waals surface area contributed by atoms with Gasteiger partial charge in [0.15, 0.2) is 0 Å². The molecule has 0 atom stereocenters. The van der Waals surface area contributed by atoms with Gasteiger partial charge >= 0.3 is 5.69 Å². The minimum absolute atomic E-state index is 0.0462. The van der Waals surface area contributed by atoms with Gasteiger partial charge in [0.2, 0.25) is 5.82 Å². The van der Waals surface area contributed by atoms with Gasteiger partial charge in [0.05, 0.1) is 4.92 Å². The standard InChI is InChI=1S/C13H15N5O2/c1-2-17(9-10-5-7-15-8-6-10)13-11(18(19)20)3-4-12(14)16-13/h3-8H,2,9H2,1H3,(H2,14,16). The number of nitro groups is 1. The van der Waals surface area contributed by atoms with Crippen molar-refractivity contribution in [2.75, 3.05) is 17.2 Å². The molecule has 0 spiro atoms. The van der Waals surface area contributed by atoms with Crippen LogP contribution in [0.4, 0.5) is 17.3 Å². The van der Waals surface area contributed by atoms with Gasteiger partial charge in [0, 0.05) is 31.5 Å². The molecule has 0 aliphatic rings. The molecule has 2 N–H and O–H groups in total. The van der Waals surface area contributed by atoms with Crippen molar-refractivity contribution < 1.29 is 4.92 Å². The van der Waals surface area contributed by atoms with E-state index in [9.17, 15) is 10.1 Å². The van der Waals surface area contributed by atoms with Crippen molar-refractivity contribution in [3.63, 3.8) is 0 Å². The van der Waals surface area contributed by atoms with Crippen LogP contribution in [-0.2, 0) is 6.54 Å². The van der Waals surface area contributed by atoms with E-state index >= 15 is 0 Å². The fourth-order valence-corrected chi connectivity index (χ4v) is 1.88. The van der Waals surface area contributed by atoms with Crippen molar-refractivity contribution in [1.82, 2.24) is 9.97 Å². The number of nitrogen functional groups attached to an aromatic ring is 1. The van der Waals surface area contributed by atoms with Crippen molar-refractivity contribution in [2.45, 2.75) is 13.5 Å². The molecule has 0 amide bonds. The van der Waals surface area contributed by atoms with Crippen LogP contribution in [0.5, 0.6) is 0 Å². The van der Waals surface area contributed by atoms with E-state index in [4.69, 9.17) is 5.73 Å². The highest BCUT2D eigenvalue weighted by Crippen LogP contribution is 2.27. The lowest BCUT2D eigenvalue weighted by atomic mass is 10.2. The van der Waals surface area contributed by atoms with Crippen LogP contribution in [0.2, 0.25) is 0 Å². The third-order valence-corrected chi connectivity index (χ3v) is 2.88.